The van der Waals surface area contributed by atoms with Crippen molar-refractivity contribution in [3.63, 3.8) is 0 Å². The van der Waals surface area contributed by atoms with Gasteiger partial charge in [-0.3, -0.25) is 14.5 Å². The fourth-order valence-corrected chi connectivity index (χ4v) is 6.09. The highest BCUT2D eigenvalue weighted by Gasteiger charge is 2.53. The molecule has 1 saturated heterocycles. The third-order valence-corrected chi connectivity index (χ3v) is 7.66. The molecule has 2 atom stereocenters. The van der Waals surface area contributed by atoms with Gasteiger partial charge in [0.15, 0.2) is 10.8 Å². The minimum atomic E-state index is -1.22. The molecular weight excluding hydrogens is 494 g/mol. The van der Waals surface area contributed by atoms with E-state index in [1.165, 1.54) is 38.6 Å². The standard InChI is InChI=1S/C16H17N9O5S3/c1-24-21-16(20-23-24)33-5-32-8-3-2-7-10(13(27)25(7)11(8)14(28)29)19-12(26)9(22-30)6-4-31-15(17)18-6/h4,7,10,30H,2-3,5H2,1H3,(H2,17,18)(H,19,26)(H,28,29)/b22-9-/t7-,10-/m0/s1. The van der Waals surface area contributed by atoms with Gasteiger partial charge in [-0.1, -0.05) is 16.9 Å². The number of carboxylic acid groups (broad SMARTS) is 1. The molecule has 1 fully saturated rings. The summed E-state index contributed by atoms with van der Waals surface area (Å²) in [6, 6.07) is -1.46. The molecule has 4 rings (SSSR count). The van der Waals surface area contributed by atoms with Crippen LogP contribution in [0, 0.1) is 0 Å². The topological polar surface area (TPSA) is 202 Å². The van der Waals surface area contributed by atoms with E-state index in [1.807, 2.05) is 0 Å². The van der Waals surface area contributed by atoms with Crippen LogP contribution in [0.5, 0.6) is 0 Å². The Balaban J connectivity index is 1.43. The lowest BCUT2D eigenvalue weighted by Crippen LogP contribution is -2.72. The molecule has 0 unspecified atom stereocenters. The van der Waals surface area contributed by atoms with E-state index in [4.69, 9.17) is 5.73 Å². The van der Waals surface area contributed by atoms with Gasteiger partial charge < -0.3 is 21.4 Å². The van der Waals surface area contributed by atoms with Crippen LogP contribution in [0.25, 0.3) is 0 Å². The average Bonchev–Trinajstić information content (AvgIpc) is 3.39. The molecule has 174 valence electrons. The molecule has 2 aliphatic rings. The van der Waals surface area contributed by atoms with Crippen molar-refractivity contribution in [2.24, 2.45) is 12.2 Å². The van der Waals surface area contributed by atoms with E-state index < -0.39 is 29.9 Å². The van der Waals surface area contributed by atoms with Crippen molar-refractivity contribution in [3.8, 4) is 0 Å². The van der Waals surface area contributed by atoms with Crippen LogP contribution >= 0.6 is 34.9 Å². The van der Waals surface area contributed by atoms with Gasteiger partial charge in [0.05, 0.1) is 18.2 Å². The number of anilines is 1. The van der Waals surface area contributed by atoms with Crippen LogP contribution < -0.4 is 11.1 Å². The number of thioether (sulfide) groups is 2. The third-order valence-electron chi connectivity index (χ3n) is 4.87. The van der Waals surface area contributed by atoms with Crippen molar-refractivity contribution in [3.05, 3.63) is 21.7 Å². The first-order valence-corrected chi connectivity index (χ1v) is 12.2. The zero-order valence-corrected chi connectivity index (χ0v) is 19.4. The third kappa shape index (κ3) is 4.51. The first-order valence-electron chi connectivity index (χ1n) is 9.33. The van der Waals surface area contributed by atoms with Crippen LogP contribution in [0.3, 0.4) is 0 Å². The number of tetrazole rings is 1. The van der Waals surface area contributed by atoms with Gasteiger partial charge >= 0.3 is 5.97 Å². The number of oxime groups is 1. The van der Waals surface area contributed by atoms with Crippen molar-refractivity contribution in [2.75, 3.05) is 10.8 Å². The predicted molar refractivity (Wildman–Crippen MR) is 118 cm³/mol. The number of nitrogens with one attached hydrogen (secondary N) is 1. The molecule has 0 saturated carbocycles. The first-order chi connectivity index (χ1) is 15.8. The Bertz CT molecular complexity index is 1180. The van der Waals surface area contributed by atoms with Gasteiger partial charge in [0, 0.05) is 10.3 Å². The molecule has 5 N–H and O–H groups in total. The number of nitrogen functional groups attached to an aromatic ring is 1. The Hall–Kier alpha value is -3.18. The Kier molecular flexibility index (Phi) is 6.52. The highest BCUT2D eigenvalue weighted by Crippen LogP contribution is 2.42. The normalized spacial score (nSPS) is 20.5. The number of fused-ring (bicyclic) bond motifs is 1. The molecule has 0 aliphatic carbocycles. The summed E-state index contributed by atoms with van der Waals surface area (Å²) in [4.78, 5) is 44.2. The lowest BCUT2D eigenvalue weighted by molar-refractivity contribution is -0.155. The van der Waals surface area contributed by atoms with Crippen LogP contribution in [-0.2, 0) is 21.4 Å². The average molecular weight is 512 g/mol. The molecule has 2 amide bonds. The number of carboxylic acids is 1. The summed E-state index contributed by atoms with van der Waals surface area (Å²) in [7, 11) is 1.64. The molecule has 0 bridgehead atoms. The highest BCUT2D eigenvalue weighted by atomic mass is 32.2. The Labute approximate surface area is 198 Å². The van der Waals surface area contributed by atoms with Gasteiger partial charge in [-0.05, 0) is 18.1 Å². The number of aliphatic carboxylic acids is 1. The van der Waals surface area contributed by atoms with Crippen molar-refractivity contribution >= 4 is 63.5 Å². The molecule has 2 aromatic heterocycles. The van der Waals surface area contributed by atoms with Gasteiger partial charge in [-0.15, -0.1) is 33.3 Å². The fraction of sp³-hybridized carbons (Fsp3) is 0.375. The number of carbonyl (C=O) groups is 3. The number of thiazole rings is 1. The first kappa shape index (κ1) is 23.0. The Morgan fingerprint density at radius 1 is 1.42 bits per heavy atom. The summed E-state index contributed by atoms with van der Waals surface area (Å²) in [5.74, 6) is -2.59. The lowest BCUT2D eigenvalue weighted by Gasteiger charge is -2.50. The minimum absolute atomic E-state index is 0.0738. The summed E-state index contributed by atoms with van der Waals surface area (Å²) in [5, 5.41) is 38.6. The summed E-state index contributed by atoms with van der Waals surface area (Å²) < 4.78 is 0. The number of hydrogen-bond donors (Lipinski definition) is 4. The van der Waals surface area contributed by atoms with Gasteiger partial charge in [-0.2, -0.15) is 4.80 Å². The number of β-lactam (4-membered cyclic amide) rings is 1. The maximum Gasteiger partial charge on any atom is 0.353 e. The molecule has 4 heterocycles. The number of nitrogens with zero attached hydrogens (tertiary/aromatic N) is 7. The number of nitrogens with two attached hydrogens (primary N) is 1. The molecule has 0 radical (unpaired) electrons. The largest absolute Gasteiger partial charge is 0.477 e. The molecular formula is C16H17N9O5S3. The summed E-state index contributed by atoms with van der Waals surface area (Å²) in [6.07, 6.45) is 0.879. The van der Waals surface area contributed by atoms with Gasteiger partial charge in [0.25, 0.3) is 11.8 Å². The summed E-state index contributed by atoms with van der Waals surface area (Å²) in [6.45, 7) is 0. The molecule has 2 aromatic rings. The van der Waals surface area contributed by atoms with E-state index >= 15 is 0 Å². The van der Waals surface area contributed by atoms with Crippen molar-refractivity contribution in [1.82, 2.24) is 35.4 Å². The smallest absolute Gasteiger partial charge is 0.353 e. The van der Waals surface area contributed by atoms with Crippen molar-refractivity contribution in [2.45, 2.75) is 30.1 Å². The maximum absolute atomic E-state index is 12.8. The minimum Gasteiger partial charge on any atom is -0.477 e. The molecule has 33 heavy (non-hydrogen) atoms. The van der Waals surface area contributed by atoms with Crippen molar-refractivity contribution in [1.29, 1.82) is 0 Å². The van der Waals surface area contributed by atoms with E-state index in [9.17, 15) is 24.7 Å². The number of aryl methyl sites for hydroxylation is 1. The fourth-order valence-electron chi connectivity index (χ4n) is 3.47. The second-order valence-electron chi connectivity index (χ2n) is 6.83. The van der Waals surface area contributed by atoms with E-state index in [-0.39, 0.29) is 22.2 Å². The Morgan fingerprint density at radius 2 is 2.21 bits per heavy atom. The van der Waals surface area contributed by atoms with Crippen LogP contribution in [0.2, 0.25) is 0 Å². The van der Waals surface area contributed by atoms with Crippen molar-refractivity contribution < 1.29 is 24.7 Å². The lowest BCUT2D eigenvalue weighted by atomic mass is 9.86. The van der Waals surface area contributed by atoms with E-state index in [0.717, 1.165) is 11.3 Å². The Morgan fingerprint density at radius 3 is 2.82 bits per heavy atom. The van der Waals surface area contributed by atoms with Crippen LogP contribution in [0.15, 0.2) is 26.3 Å². The van der Waals surface area contributed by atoms with E-state index in [1.54, 1.807) is 7.05 Å². The maximum atomic E-state index is 12.8. The molecule has 14 nitrogen and oxygen atoms in total. The van der Waals surface area contributed by atoms with E-state index in [2.05, 4.69) is 30.9 Å². The monoisotopic (exact) mass is 511 g/mol. The summed E-state index contributed by atoms with van der Waals surface area (Å²) in [5.41, 5.74) is 5.14. The van der Waals surface area contributed by atoms with E-state index in [0.29, 0.717) is 28.0 Å². The van der Waals surface area contributed by atoms with Gasteiger partial charge in [0.1, 0.15) is 17.4 Å². The quantitative estimate of drug-likeness (QED) is 0.0901. The van der Waals surface area contributed by atoms with Gasteiger partial charge in [-0.25, -0.2) is 9.78 Å². The van der Waals surface area contributed by atoms with Crippen LogP contribution in [0.1, 0.15) is 18.5 Å². The van der Waals surface area contributed by atoms with Crippen LogP contribution in [0.4, 0.5) is 5.13 Å². The second-order valence-corrected chi connectivity index (χ2v) is 10.1. The summed E-state index contributed by atoms with van der Waals surface area (Å²) >= 11 is 3.66. The zero-order chi connectivity index (χ0) is 23.7. The zero-order valence-electron chi connectivity index (χ0n) is 16.9. The SMILES string of the molecule is Cn1nnc(SCSC2=C(C(=O)O)N3C(=O)[C@@H](NC(=O)/C(=N\O)c4csc(N)n4)[C@@H]3CC2)n1. The second kappa shape index (κ2) is 9.36. The van der Waals surface area contributed by atoms with Gasteiger partial charge in [0.2, 0.25) is 5.16 Å². The predicted octanol–water partition coefficient (Wildman–Crippen LogP) is -0.304. The van der Waals surface area contributed by atoms with Crippen LogP contribution in [-0.4, -0.2) is 81.1 Å². The number of rotatable bonds is 8. The number of hydrogen-bond acceptors (Lipinski definition) is 13. The highest BCUT2D eigenvalue weighted by molar-refractivity contribution is 8.17. The number of aromatic nitrogens is 5. The number of amides is 2. The molecule has 17 heteroatoms. The molecule has 0 spiro atoms. The molecule has 2 aliphatic heterocycles. The number of carbonyl (C=O) groups excluding carboxylic acids is 2. The molecule has 0 aromatic carbocycles. The number of allylic oxidation sites excluding steroid dienone is 1.